The second-order valence-corrected chi connectivity index (χ2v) is 5.99. The summed E-state index contributed by atoms with van der Waals surface area (Å²) < 4.78 is 1.77. The number of carbonyl (C=O) groups excluding carboxylic acids is 1. The molecular formula is C15H12Br2O. The highest BCUT2D eigenvalue weighted by Gasteiger charge is 2.14. The Bertz CT molecular complexity index is 601. The van der Waals surface area contributed by atoms with Crippen molar-refractivity contribution < 1.29 is 4.79 Å². The van der Waals surface area contributed by atoms with Crippen molar-refractivity contribution >= 4 is 37.6 Å². The lowest BCUT2D eigenvalue weighted by Crippen LogP contribution is -2.03. The fourth-order valence-corrected chi connectivity index (χ4v) is 2.66. The van der Waals surface area contributed by atoms with Gasteiger partial charge in [-0.25, -0.2) is 0 Å². The molecule has 0 bridgehead atoms. The van der Waals surface area contributed by atoms with Crippen molar-refractivity contribution in [3.63, 3.8) is 0 Å². The number of hydrogen-bond donors (Lipinski definition) is 0. The van der Waals surface area contributed by atoms with Gasteiger partial charge < -0.3 is 0 Å². The summed E-state index contributed by atoms with van der Waals surface area (Å²) >= 11 is 6.91. The van der Waals surface area contributed by atoms with Crippen LogP contribution in [0.2, 0.25) is 0 Å². The Labute approximate surface area is 123 Å². The lowest BCUT2D eigenvalue weighted by molar-refractivity contribution is 0.103. The molecular weight excluding hydrogens is 356 g/mol. The van der Waals surface area contributed by atoms with E-state index in [4.69, 9.17) is 0 Å². The van der Waals surface area contributed by atoms with Crippen LogP contribution in [0, 0.1) is 13.8 Å². The highest BCUT2D eigenvalue weighted by molar-refractivity contribution is 9.11. The quantitative estimate of drug-likeness (QED) is 0.678. The van der Waals surface area contributed by atoms with E-state index in [1.165, 1.54) is 0 Å². The molecule has 2 rings (SSSR count). The molecule has 0 heterocycles. The standard InChI is InChI=1S/C15H12Br2O/c1-9-3-5-11(6-4-9)15(18)12-8-13(16)10(2)7-14(12)17/h3-8H,1-2H3. The molecule has 0 unspecified atom stereocenters. The third kappa shape index (κ3) is 2.73. The topological polar surface area (TPSA) is 17.1 Å². The van der Waals surface area contributed by atoms with E-state index in [2.05, 4.69) is 31.9 Å². The van der Waals surface area contributed by atoms with Crippen molar-refractivity contribution in [3.05, 3.63) is 67.6 Å². The molecule has 0 fully saturated rings. The number of rotatable bonds is 2. The normalized spacial score (nSPS) is 10.4. The van der Waals surface area contributed by atoms with Crippen LogP contribution in [-0.4, -0.2) is 5.78 Å². The Morgan fingerprint density at radius 1 is 0.944 bits per heavy atom. The van der Waals surface area contributed by atoms with Gasteiger partial charge in [0.05, 0.1) is 0 Å². The van der Waals surface area contributed by atoms with Gasteiger partial charge in [-0.2, -0.15) is 0 Å². The summed E-state index contributed by atoms with van der Waals surface area (Å²) in [5, 5.41) is 0. The highest BCUT2D eigenvalue weighted by Crippen LogP contribution is 2.27. The number of benzene rings is 2. The van der Waals surface area contributed by atoms with Crippen LogP contribution >= 0.6 is 31.9 Å². The van der Waals surface area contributed by atoms with Crippen molar-refractivity contribution in [2.24, 2.45) is 0 Å². The molecule has 92 valence electrons. The molecule has 1 nitrogen and oxygen atoms in total. The van der Waals surface area contributed by atoms with E-state index in [0.717, 1.165) is 20.1 Å². The van der Waals surface area contributed by atoms with Crippen LogP contribution in [0.25, 0.3) is 0 Å². The lowest BCUT2D eigenvalue weighted by Gasteiger charge is -2.07. The molecule has 0 aliphatic heterocycles. The molecule has 0 aliphatic carbocycles. The van der Waals surface area contributed by atoms with Gasteiger partial charge in [-0.3, -0.25) is 4.79 Å². The van der Waals surface area contributed by atoms with Gasteiger partial charge in [-0.15, -0.1) is 0 Å². The fraction of sp³-hybridized carbons (Fsp3) is 0.133. The maximum Gasteiger partial charge on any atom is 0.194 e. The molecule has 2 aromatic rings. The minimum Gasteiger partial charge on any atom is -0.289 e. The summed E-state index contributed by atoms with van der Waals surface area (Å²) in [6.45, 7) is 4.00. The average Bonchev–Trinajstić information content (AvgIpc) is 2.34. The second-order valence-electron chi connectivity index (χ2n) is 4.28. The van der Waals surface area contributed by atoms with E-state index < -0.39 is 0 Å². The van der Waals surface area contributed by atoms with Crippen LogP contribution in [-0.2, 0) is 0 Å². The largest absolute Gasteiger partial charge is 0.289 e. The van der Waals surface area contributed by atoms with E-state index >= 15 is 0 Å². The number of hydrogen-bond acceptors (Lipinski definition) is 1. The number of ketones is 1. The first kappa shape index (κ1) is 13.5. The first-order valence-electron chi connectivity index (χ1n) is 5.56. The van der Waals surface area contributed by atoms with Crippen molar-refractivity contribution in [2.75, 3.05) is 0 Å². The second kappa shape index (κ2) is 5.37. The first-order valence-corrected chi connectivity index (χ1v) is 7.14. The SMILES string of the molecule is Cc1ccc(C(=O)c2cc(Br)c(C)cc2Br)cc1. The molecule has 0 atom stereocenters. The molecule has 0 radical (unpaired) electrons. The summed E-state index contributed by atoms with van der Waals surface area (Å²) in [5.41, 5.74) is 3.63. The van der Waals surface area contributed by atoms with Crippen molar-refractivity contribution in [1.29, 1.82) is 0 Å². The average molecular weight is 368 g/mol. The number of halogens is 2. The summed E-state index contributed by atoms with van der Waals surface area (Å²) in [4.78, 5) is 12.4. The summed E-state index contributed by atoms with van der Waals surface area (Å²) in [5.74, 6) is 0.0302. The number of carbonyl (C=O) groups is 1. The summed E-state index contributed by atoms with van der Waals surface area (Å²) in [6.07, 6.45) is 0. The Hall–Kier alpha value is -0.930. The van der Waals surface area contributed by atoms with Gasteiger partial charge in [0.25, 0.3) is 0 Å². The Kier molecular flexibility index (Phi) is 4.03. The molecule has 0 amide bonds. The lowest BCUT2D eigenvalue weighted by atomic mass is 10.0. The van der Waals surface area contributed by atoms with Crippen LogP contribution < -0.4 is 0 Å². The zero-order chi connectivity index (χ0) is 13.3. The van der Waals surface area contributed by atoms with Gasteiger partial charge >= 0.3 is 0 Å². The summed E-state index contributed by atoms with van der Waals surface area (Å²) in [7, 11) is 0. The van der Waals surface area contributed by atoms with E-state index in [1.54, 1.807) is 0 Å². The molecule has 0 aromatic heterocycles. The Morgan fingerprint density at radius 3 is 2.17 bits per heavy atom. The smallest absolute Gasteiger partial charge is 0.194 e. The van der Waals surface area contributed by atoms with Gasteiger partial charge in [0.2, 0.25) is 0 Å². The monoisotopic (exact) mass is 366 g/mol. The van der Waals surface area contributed by atoms with Gasteiger partial charge in [-0.05, 0) is 31.5 Å². The maximum atomic E-state index is 12.4. The van der Waals surface area contributed by atoms with E-state index in [0.29, 0.717) is 11.1 Å². The minimum absolute atomic E-state index is 0.0302. The zero-order valence-corrected chi connectivity index (χ0v) is 13.3. The molecule has 0 aliphatic rings. The van der Waals surface area contributed by atoms with Crippen molar-refractivity contribution in [1.82, 2.24) is 0 Å². The summed E-state index contributed by atoms with van der Waals surface area (Å²) in [6, 6.07) is 11.4. The van der Waals surface area contributed by atoms with E-state index in [-0.39, 0.29) is 5.78 Å². The van der Waals surface area contributed by atoms with Gasteiger partial charge in [0.15, 0.2) is 5.78 Å². The molecule has 0 spiro atoms. The Morgan fingerprint density at radius 2 is 1.56 bits per heavy atom. The maximum absolute atomic E-state index is 12.4. The van der Waals surface area contributed by atoms with Gasteiger partial charge in [0.1, 0.15) is 0 Å². The molecule has 0 saturated carbocycles. The van der Waals surface area contributed by atoms with Crippen molar-refractivity contribution in [3.8, 4) is 0 Å². The van der Waals surface area contributed by atoms with Crippen molar-refractivity contribution in [2.45, 2.75) is 13.8 Å². The zero-order valence-electron chi connectivity index (χ0n) is 10.1. The molecule has 18 heavy (non-hydrogen) atoms. The van der Waals surface area contributed by atoms with Crippen LogP contribution in [0.5, 0.6) is 0 Å². The van der Waals surface area contributed by atoms with Crippen LogP contribution in [0.3, 0.4) is 0 Å². The van der Waals surface area contributed by atoms with Gasteiger partial charge in [-0.1, -0.05) is 61.7 Å². The van der Waals surface area contributed by atoms with E-state index in [1.807, 2.05) is 50.2 Å². The van der Waals surface area contributed by atoms with E-state index in [9.17, 15) is 4.79 Å². The third-order valence-electron chi connectivity index (χ3n) is 2.81. The highest BCUT2D eigenvalue weighted by atomic mass is 79.9. The van der Waals surface area contributed by atoms with Gasteiger partial charge in [0, 0.05) is 20.1 Å². The predicted octanol–water partition coefficient (Wildman–Crippen LogP) is 5.06. The molecule has 3 heteroatoms. The van der Waals surface area contributed by atoms with Crippen LogP contribution in [0.1, 0.15) is 27.0 Å². The Balaban J connectivity index is 2.46. The minimum atomic E-state index is 0.0302. The predicted molar refractivity (Wildman–Crippen MR) is 81.2 cm³/mol. The first-order chi connectivity index (χ1) is 8.49. The molecule has 2 aromatic carbocycles. The third-order valence-corrected chi connectivity index (χ3v) is 4.32. The number of aryl methyl sites for hydroxylation is 2. The van der Waals surface area contributed by atoms with Crippen LogP contribution in [0.4, 0.5) is 0 Å². The molecule has 0 saturated heterocycles. The molecule has 0 N–H and O–H groups in total. The van der Waals surface area contributed by atoms with Crippen LogP contribution in [0.15, 0.2) is 45.3 Å². The fourth-order valence-electron chi connectivity index (χ4n) is 1.68.